The van der Waals surface area contributed by atoms with Crippen LogP contribution in [0, 0.1) is 5.82 Å². The Morgan fingerprint density at radius 2 is 1.74 bits per heavy atom. The Balaban J connectivity index is 0.00000264. The van der Waals surface area contributed by atoms with Crippen molar-refractivity contribution in [3.8, 4) is 0 Å². The average molecular weight is 428 g/mol. The number of pyridine rings is 1. The first-order valence-corrected chi connectivity index (χ1v) is 7.39. The molecule has 23 heavy (non-hydrogen) atoms. The molecule has 1 heterocycles. The molecular formula is C17H22FIN4. The summed E-state index contributed by atoms with van der Waals surface area (Å²) in [7, 11) is 1.94. The molecule has 0 aliphatic carbocycles. The number of halogens is 2. The summed E-state index contributed by atoms with van der Waals surface area (Å²) in [6, 6.07) is 11.9. The van der Waals surface area contributed by atoms with Crippen molar-refractivity contribution in [2.45, 2.75) is 13.8 Å². The summed E-state index contributed by atoms with van der Waals surface area (Å²) in [6.45, 7) is 5.72. The fourth-order valence-corrected chi connectivity index (χ4v) is 2.04. The normalized spacial score (nSPS) is 12.0. The van der Waals surface area contributed by atoms with E-state index < -0.39 is 0 Å². The lowest BCUT2D eigenvalue weighted by atomic mass is 10.3. The van der Waals surface area contributed by atoms with E-state index in [2.05, 4.69) is 28.7 Å². The lowest BCUT2D eigenvalue weighted by molar-refractivity contribution is 0.459. The quantitative estimate of drug-likeness (QED) is 0.417. The van der Waals surface area contributed by atoms with Crippen LogP contribution in [0.25, 0.3) is 0 Å². The molecule has 0 amide bonds. The van der Waals surface area contributed by atoms with Crippen molar-refractivity contribution in [3.63, 3.8) is 0 Å². The zero-order chi connectivity index (χ0) is 15.9. The molecule has 0 aliphatic heterocycles. The van der Waals surface area contributed by atoms with Crippen molar-refractivity contribution in [2.24, 2.45) is 17.0 Å². The van der Waals surface area contributed by atoms with Gasteiger partial charge in [-0.2, -0.15) is 4.99 Å². The van der Waals surface area contributed by atoms with Crippen LogP contribution in [0.4, 0.5) is 10.1 Å². The van der Waals surface area contributed by atoms with E-state index in [0.29, 0.717) is 11.6 Å². The average Bonchev–Trinajstić information content (AvgIpc) is 2.53. The molecular weight excluding hydrogens is 406 g/mol. The topological polar surface area (TPSA) is 32.9 Å². The third-order valence-electron chi connectivity index (χ3n) is 3.34. The molecule has 1 aromatic heterocycles. The van der Waals surface area contributed by atoms with Gasteiger partial charge in [0.05, 0.1) is 5.69 Å². The van der Waals surface area contributed by atoms with Crippen LogP contribution in [0.1, 0.15) is 13.8 Å². The first-order valence-electron chi connectivity index (χ1n) is 7.39. The van der Waals surface area contributed by atoms with Gasteiger partial charge in [-0.25, -0.2) is 9.38 Å². The van der Waals surface area contributed by atoms with Gasteiger partial charge < -0.3 is 9.47 Å². The Morgan fingerprint density at radius 1 is 1.09 bits per heavy atom. The second-order valence-corrected chi connectivity index (χ2v) is 4.84. The molecule has 0 bridgehead atoms. The van der Waals surface area contributed by atoms with E-state index in [1.54, 1.807) is 12.1 Å². The van der Waals surface area contributed by atoms with Crippen molar-refractivity contribution in [2.75, 3.05) is 13.1 Å². The molecule has 2 rings (SSSR count). The van der Waals surface area contributed by atoms with Gasteiger partial charge >= 0.3 is 0 Å². The van der Waals surface area contributed by atoms with E-state index in [4.69, 9.17) is 0 Å². The number of aryl methyl sites for hydroxylation is 1. The number of hydrogen-bond acceptors (Lipinski definition) is 1. The van der Waals surface area contributed by atoms with Crippen molar-refractivity contribution >= 4 is 35.6 Å². The molecule has 0 saturated carbocycles. The maximum Gasteiger partial charge on any atom is 0.227 e. The van der Waals surface area contributed by atoms with Crippen molar-refractivity contribution in [1.82, 2.24) is 9.47 Å². The minimum absolute atomic E-state index is 0. The summed E-state index contributed by atoms with van der Waals surface area (Å²) in [5.74, 6) is 0.355. The lowest BCUT2D eigenvalue weighted by Crippen LogP contribution is -2.32. The number of aliphatic imine (C=N–C) groups is 1. The third-order valence-corrected chi connectivity index (χ3v) is 3.34. The van der Waals surface area contributed by atoms with Gasteiger partial charge in [0.2, 0.25) is 5.96 Å². The van der Waals surface area contributed by atoms with Crippen LogP contribution < -0.4 is 5.49 Å². The maximum absolute atomic E-state index is 13.0. The Kier molecular flexibility index (Phi) is 7.94. The SMILES string of the molecule is CCN(CC)C(=Nc1ccc(F)cc1)N=c1ccccn1C.I. The van der Waals surface area contributed by atoms with Crippen molar-refractivity contribution in [3.05, 3.63) is 60.0 Å². The Hall–Kier alpha value is -1.70. The third kappa shape index (κ3) is 5.46. The summed E-state index contributed by atoms with van der Waals surface area (Å²) >= 11 is 0. The van der Waals surface area contributed by atoms with Gasteiger partial charge in [-0.1, -0.05) is 6.07 Å². The van der Waals surface area contributed by atoms with E-state index >= 15 is 0 Å². The van der Waals surface area contributed by atoms with Crippen LogP contribution in [0.15, 0.2) is 58.6 Å². The first kappa shape index (κ1) is 19.3. The molecule has 124 valence electrons. The van der Waals surface area contributed by atoms with Gasteiger partial charge in [-0.05, 0) is 50.2 Å². The van der Waals surface area contributed by atoms with Crippen LogP contribution in [0.2, 0.25) is 0 Å². The number of hydrogen-bond donors (Lipinski definition) is 0. The maximum atomic E-state index is 13.0. The Labute approximate surface area is 153 Å². The Bertz CT molecular complexity index is 703. The number of aromatic nitrogens is 1. The number of nitrogens with zero attached hydrogens (tertiary/aromatic N) is 4. The summed E-state index contributed by atoms with van der Waals surface area (Å²) in [5, 5.41) is 0. The van der Waals surface area contributed by atoms with E-state index in [0.717, 1.165) is 18.6 Å². The highest BCUT2D eigenvalue weighted by atomic mass is 127. The summed E-state index contributed by atoms with van der Waals surface area (Å²) in [5.41, 5.74) is 1.50. The van der Waals surface area contributed by atoms with Gasteiger partial charge in [-0.3, -0.25) is 0 Å². The smallest absolute Gasteiger partial charge is 0.227 e. The summed E-state index contributed by atoms with van der Waals surface area (Å²) in [4.78, 5) is 11.3. The Morgan fingerprint density at radius 3 is 2.30 bits per heavy atom. The minimum atomic E-state index is -0.269. The van der Waals surface area contributed by atoms with E-state index in [1.807, 2.05) is 36.0 Å². The highest BCUT2D eigenvalue weighted by Gasteiger charge is 2.07. The predicted molar refractivity (Wildman–Crippen MR) is 103 cm³/mol. The largest absolute Gasteiger partial charge is 0.341 e. The lowest BCUT2D eigenvalue weighted by Gasteiger charge is -2.19. The molecule has 0 radical (unpaired) electrons. The standard InChI is InChI=1S/C17H21FN4.HI/c1-4-22(5-2)17(19-15-11-9-14(18)10-12-15)20-16-8-6-7-13-21(16)3;/h6-13H,4-5H2,1-3H3;1H. The minimum Gasteiger partial charge on any atom is -0.341 e. The molecule has 0 N–H and O–H groups in total. The summed E-state index contributed by atoms with van der Waals surface area (Å²) in [6.07, 6.45) is 1.94. The van der Waals surface area contributed by atoms with Crippen molar-refractivity contribution in [1.29, 1.82) is 0 Å². The zero-order valence-corrected chi connectivity index (χ0v) is 15.9. The van der Waals surface area contributed by atoms with Gasteiger partial charge in [0.15, 0.2) is 0 Å². The molecule has 0 aliphatic rings. The fourth-order valence-electron chi connectivity index (χ4n) is 2.04. The van der Waals surface area contributed by atoms with E-state index in [-0.39, 0.29) is 29.8 Å². The second kappa shape index (κ2) is 9.44. The van der Waals surface area contributed by atoms with Gasteiger partial charge in [0, 0.05) is 26.3 Å². The van der Waals surface area contributed by atoms with Crippen LogP contribution in [0.3, 0.4) is 0 Å². The highest BCUT2D eigenvalue weighted by molar-refractivity contribution is 14.0. The molecule has 1 aromatic carbocycles. The first-order chi connectivity index (χ1) is 10.6. The van der Waals surface area contributed by atoms with Gasteiger partial charge in [-0.15, -0.1) is 24.0 Å². The van der Waals surface area contributed by atoms with Crippen LogP contribution in [0.5, 0.6) is 0 Å². The number of benzene rings is 1. The monoisotopic (exact) mass is 428 g/mol. The predicted octanol–water partition coefficient (Wildman–Crippen LogP) is 3.71. The molecule has 0 unspecified atom stereocenters. The fraction of sp³-hybridized carbons (Fsp3) is 0.294. The van der Waals surface area contributed by atoms with Crippen LogP contribution in [-0.2, 0) is 7.05 Å². The summed E-state index contributed by atoms with van der Waals surface area (Å²) < 4.78 is 15.0. The number of guanidine groups is 1. The van der Waals surface area contributed by atoms with Gasteiger partial charge in [0.1, 0.15) is 11.3 Å². The van der Waals surface area contributed by atoms with E-state index in [1.165, 1.54) is 12.1 Å². The number of rotatable bonds is 3. The van der Waals surface area contributed by atoms with Crippen molar-refractivity contribution < 1.29 is 4.39 Å². The van der Waals surface area contributed by atoms with E-state index in [9.17, 15) is 4.39 Å². The van der Waals surface area contributed by atoms with Crippen LogP contribution >= 0.6 is 24.0 Å². The second-order valence-electron chi connectivity index (χ2n) is 4.84. The highest BCUT2D eigenvalue weighted by Crippen LogP contribution is 2.13. The van der Waals surface area contributed by atoms with Crippen LogP contribution in [-0.4, -0.2) is 28.5 Å². The molecule has 0 atom stereocenters. The molecule has 0 spiro atoms. The molecule has 2 aromatic rings. The molecule has 0 fully saturated rings. The zero-order valence-electron chi connectivity index (χ0n) is 13.6. The molecule has 6 heteroatoms. The molecule has 4 nitrogen and oxygen atoms in total. The molecule has 0 saturated heterocycles. The van der Waals surface area contributed by atoms with Gasteiger partial charge in [0.25, 0.3) is 0 Å².